The molecule has 2 fully saturated rings. The number of pyridine rings is 1. The number of nitrogens with one attached hydrogen (secondary N) is 1. The topological polar surface area (TPSA) is 92.5 Å². The number of rotatable bonds is 8. The van der Waals surface area contributed by atoms with Crippen LogP contribution in [0, 0.1) is 12.8 Å². The molecule has 0 radical (unpaired) electrons. The third-order valence-corrected chi connectivity index (χ3v) is 7.58. The van der Waals surface area contributed by atoms with Gasteiger partial charge in [0.15, 0.2) is 5.78 Å². The zero-order chi connectivity index (χ0) is 26.5. The number of nitrogens with zero attached hydrogens (tertiary/aromatic N) is 5. The average Bonchev–Trinajstić information content (AvgIpc) is 3.38. The molecule has 0 bridgehead atoms. The first kappa shape index (κ1) is 27.0. The van der Waals surface area contributed by atoms with E-state index >= 15 is 0 Å². The molecule has 0 amide bonds. The number of allylic oxidation sites excluding steroid dienone is 1. The van der Waals surface area contributed by atoms with Gasteiger partial charge in [-0.3, -0.25) is 24.0 Å². The minimum Gasteiger partial charge on any atom is -0.309 e. The van der Waals surface area contributed by atoms with Crippen LogP contribution >= 0.6 is 0 Å². The standard InChI is InChI=1S/C27H36F2N6O2/c1-17-21-15-31-27(33-25(21)35(20-8-4-5-9-20)26(37)24(17)18(2)36)32-23(30-3)10-6-7-19-11-13-34(14-12-19)16-22(28)29/h6,10,15,19-20,22H,4-5,7-9,11-14,16H2,1-3H3,(H,30,31,32,33)/b10-6-. The molecule has 0 unspecified atom stereocenters. The zero-order valence-corrected chi connectivity index (χ0v) is 21.8. The minimum absolute atomic E-state index is 0.0165. The van der Waals surface area contributed by atoms with Gasteiger partial charge in [-0.25, -0.2) is 13.8 Å². The van der Waals surface area contributed by atoms with Crippen LogP contribution < -0.4 is 10.9 Å². The van der Waals surface area contributed by atoms with Gasteiger partial charge in [-0.2, -0.15) is 4.98 Å². The molecule has 10 heteroatoms. The number of hydrogen-bond donors (Lipinski definition) is 1. The number of aryl methyl sites for hydroxylation is 1. The first-order chi connectivity index (χ1) is 17.8. The van der Waals surface area contributed by atoms with Crippen molar-refractivity contribution in [3.8, 4) is 0 Å². The lowest BCUT2D eigenvalue weighted by Crippen LogP contribution is -2.36. The number of aliphatic imine (C=N–C) groups is 1. The third-order valence-electron chi connectivity index (χ3n) is 7.58. The number of carbonyl (C=O) groups is 1. The Hall–Kier alpha value is -3.01. The molecular weight excluding hydrogens is 478 g/mol. The van der Waals surface area contributed by atoms with Crippen LogP contribution in [-0.4, -0.2) is 64.2 Å². The molecule has 4 rings (SSSR count). The van der Waals surface area contributed by atoms with Gasteiger partial charge in [-0.15, -0.1) is 0 Å². The van der Waals surface area contributed by atoms with Crippen molar-refractivity contribution in [3.63, 3.8) is 0 Å². The Balaban J connectivity index is 1.51. The monoisotopic (exact) mass is 514 g/mol. The van der Waals surface area contributed by atoms with Gasteiger partial charge < -0.3 is 5.32 Å². The van der Waals surface area contributed by atoms with Crippen molar-refractivity contribution in [1.82, 2.24) is 19.4 Å². The Bertz CT molecular complexity index is 1240. The third kappa shape index (κ3) is 6.29. The van der Waals surface area contributed by atoms with E-state index in [1.54, 1.807) is 24.7 Å². The van der Waals surface area contributed by atoms with Crippen molar-refractivity contribution in [2.24, 2.45) is 10.9 Å². The van der Waals surface area contributed by atoms with Gasteiger partial charge in [0, 0.05) is 24.7 Å². The first-order valence-corrected chi connectivity index (χ1v) is 13.1. The molecule has 2 aromatic heterocycles. The molecule has 0 aromatic carbocycles. The molecule has 37 heavy (non-hydrogen) atoms. The zero-order valence-electron chi connectivity index (χ0n) is 21.8. The first-order valence-electron chi connectivity index (χ1n) is 13.1. The Morgan fingerprint density at radius 2 is 1.95 bits per heavy atom. The van der Waals surface area contributed by atoms with Crippen molar-refractivity contribution in [3.05, 3.63) is 39.8 Å². The van der Waals surface area contributed by atoms with Crippen molar-refractivity contribution in [1.29, 1.82) is 0 Å². The lowest BCUT2D eigenvalue weighted by molar-refractivity contribution is 0.0693. The summed E-state index contributed by atoms with van der Waals surface area (Å²) in [6.45, 7) is 4.46. The second kappa shape index (κ2) is 12.0. The molecule has 3 heterocycles. The molecule has 1 saturated heterocycles. The van der Waals surface area contributed by atoms with Crippen molar-refractivity contribution in [2.75, 3.05) is 32.0 Å². The lowest BCUT2D eigenvalue weighted by Gasteiger charge is -2.31. The van der Waals surface area contributed by atoms with Crippen LogP contribution in [0.15, 0.2) is 28.1 Å². The fraction of sp³-hybridized carbons (Fsp3) is 0.593. The molecule has 0 spiro atoms. The summed E-state index contributed by atoms with van der Waals surface area (Å²) in [6.07, 6.45) is 9.81. The van der Waals surface area contributed by atoms with Crippen LogP contribution in [0.5, 0.6) is 0 Å². The van der Waals surface area contributed by atoms with Crippen molar-refractivity contribution < 1.29 is 13.6 Å². The molecule has 1 aliphatic carbocycles. The number of fused-ring (bicyclic) bond motifs is 1. The van der Waals surface area contributed by atoms with Crippen LogP contribution in [0.3, 0.4) is 0 Å². The van der Waals surface area contributed by atoms with Crippen LogP contribution in [0.1, 0.15) is 73.8 Å². The van der Waals surface area contributed by atoms with Crippen molar-refractivity contribution >= 4 is 28.6 Å². The number of likely N-dealkylation sites (tertiary alicyclic amines) is 1. The van der Waals surface area contributed by atoms with E-state index in [9.17, 15) is 18.4 Å². The maximum atomic E-state index is 13.4. The van der Waals surface area contributed by atoms with Crippen LogP contribution in [-0.2, 0) is 0 Å². The van der Waals surface area contributed by atoms with Gasteiger partial charge in [-0.05, 0) is 76.6 Å². The van der Waals surface area contributed by atoms with Gasteiger partial charge in [0.25, 0.3) is 12.0 Å². The van der Waals surface area contributed by atoms with E-state index in [0.717, 1.165) is 44.9 Å². The largest absolute Gasteiger partial charge is 0.309 e. The van der Waals surface area contributed by atoms with Gasteiger partial charge in [0.2, 0.25) is 5.95 Å². The maximum Gasteiger partial charge on any atom is 0.263 e. The van der Waals surface area contributed by atoms with E-state index < -0.39 is 6.43 Å². The number of carbonyl (C=O) groups excluding carboxylic acids is 1. The van der Waals surface area contributed by atoms with Crippen LogP contribution in [0.4, 0.5) is 14.7 Å². The van der Waals surface area contributed by atoms with Gasteiger partial charge in [0.05, 0.1) is 12.1 Å². The molecule has 1 aliphatic heterocycles. The van der Waals surface area contributed by atoms with Crippen molar-refractivity contribution in [2.45, 2.75) is 71.3 Å². The number of piperidine rings is 1. The summed E-state index contributed by atoms with van der Waals surface area (Å²) >= 11 is 0. The number of Topliss-reactive ketones (excluding diaryl/α,β-unsaturated/α-hetero) is 1. The quantitative estimate of drug-likeness (QED) is 0.310. The number of ketones is 1. The highest BCUT2D eigenvalue weighted by atomic mass is 19.3. The normalized spacial score (nSPS) is 18.5. The second-order valence-electron chi connectivity index (χ2n) is 10.1. The van der Waals surface area contributed by atoms with E-state index in [-0.39, 0.29) is 29.5 Å². The second-order valence-corrected chi connectivity index (χ2v) is 10.1. The van der Waals surface area contributed by atoms with Crippen LogP contribution in [0.2, 0.25) is 0 Å². The highest BCUT2D eigenvalue weighted by molar-refractivity contribution is 6.03. The average molecular weight is 515 g/mol. The number of hydrogen-bond acceptors (Lipinski definition) is 6. The fourth-order valence-corrected chi connectivity index (χ4v) is 5.57. The Labute approximate surface area is 215 Å². The predicted octanol–water partition coefficient (Wildman–Crippen LogP) is 4.78. The number of halogens is 2. The maximum absolute atomic E-state index is 13.4. The van der Waals surface area contributed by atoms with E-state index in [2.05, 4.69) is 15.3 Å². The lowest BCUT2D eigenvalue weighted by atomic mass is 9.93. The molecule has 8 nitrogen and oxygen atoms in total. The summed E-state index contributed by atoms with van der Waals surface area (Å²) in [5, 5.41) is 3.85. The number of anilines is 1. The molecule has 200 valence electrons. The summed E-state index contributed by atoms with van der Waals surface area (Å²) in [5.74, 6) is 1.13. The Morgan fingerprint density at radius 1 is 1.24 bits per heavy atom. The molecule has 2 aromatic rings. The SMILES string of the molecule is CN=C(/C=C\CC1CCN(CC(F)F)CC1)Nc1ncc2c(C)c(C(C)=O)c(=O)n(C3CCCC3)c2n1. The van der Waals surface area contributed by atoms with Gasteiger partial charge in [-0.1, -0.05) is 18.9 Å². The molecule has 2 aliphatic rings. The van der Waals surface area contributed by atoms with Gasteiger partial charge >= 0.3 is 0 Å². The van der Waals surface area contributed by atoms with E-state index in [4.69, 9.17) is 4.98 Å². The summed E-state index contributed by atoms with van der Waals surface area (Å²) < 4.78 is 26.9. The minimum atomic E-state index is -2.28. The fourth-order valence-electron chi connectivity index (χ4n) is 5.57. The summed E-state index contributed by atoms with van der Waals surface area (Å²) in [7, 11) is 1.67. The molecule has 1 saturated carbocycles. The highest BCUT2D eigenvalue weighted by Crippen LogP contribution is 2.32. The van der Waals surface area contributed by atoms with E-state index in [1.807, 2.05) is 17.1 Å². The molecule has 0 atom stereocenters. The number of aromatic nitrogens is 3. The molecular formula is C27H36F2N6O2. The predicted molar refractivity (Wildman–Crippen MR) is 142 cm³/mol. The Morgan fingerprint density at radius 3 is 2.57 bits per heavy atom. The Kier molecular flexibility index (Phi) is 8.79. The molecule has 1 N–H and O–H groups in total. The van der Waals surface area contributed by atoms with E-state index in [1.165, 1.54) is 6.92 Å². The summed E-state index contributed by atoms with van der Waals surface area (Å²) in [4.78, 5) is 41.0. The number of alkyl halides is 2. The van der Waals surface area contributed by atoms with E-state index in [0.29, 0.717) is 47.4 Å². The highest BCUT2D eigenvalue weighted by Gasteiger charge is 2.26. The van der Waals surface area contributed by atoms with Gasteiger partial charge in [0.1, 0.15) is 11.5 Å². The van der Waals surface area contributed by atoms with Crippen LogP contribution in [0.25, 0.3) is 11.0 Å². The summed E-state index contributed by atoms with van der Waals surface area (Å²) in [5.41, 5.74) is 1.07. The smallest absolute Gasteiger partial charge is 0.263 e. The summed E-state index contributed by atoms with van der Waals surface area (Å²) in [6, 6.07) is 0.0165. The number of amidine groups is 1.